The number of likely N-dealkylation sites (N-methyl/N-ethyl adjacent to an activating group) is 1. The molecule has 0 unspecified atom stereocenters. The summed E-state index contributed by atoms with van der Waals surface area (Å²) in [5, 5.41) is 13.7. The lowest BCUT2D eigenvalue weighted by Crippen LogP contribution is -2.28. The van der Waals surface area contributed by atoms with Crippen molar-refractivity contribution in [3.8, 4) is 5.75 Å². The topological polar surface area (TPSA) is 102 Å². The Bertz CT molecular complexity index is 848. The molecule has 0 saturated heterocycles. The van der Waals surface area contributed by atoms with E-state index in [-0.39, 0.29) is 29.5 Å². The van der Waals surface area contributed by atoms with Crippen LogP contribution in [0.1, 0.15) is 15.9 Å². The molecule has 8 heteroatoms. The predicted octanol–water partition coefficient (Wildman–Crippen LogP) is 2.62. The van der Waals surface area contributed by atoms with E-state index >= 15 is 0 Å². The highest BCUT2D eigenvalue weighted by molar-refractivity contribution is 6.06. The molecular formula is C18H19N3O5. The van der Waals surface area contributed by atoms with Gasteiger partial charge in [-0.25, -0.2) is 0 Å². The highest BCUT2D eigenvalue weighted by atomic mass is 16.6. The number of ether oxygens (including phenoxy) is 1. The van der Waals surface area contributed by atoms with Gasteiger partial charge in [-0.2, -0.15) is 0 Å². The van der Waals surface area contributed by atoms with Crippen molar-refractivity contribution < 1.29 is 19.2 Å². The zero-order valence-corrected chi connectivity index (χ0v) is 14.7. The molecule has 0 aliphatic heterocycles. The number of nitro benzene ring substituents is 1. The number of nitro groups is 1. The van der Waals surface area contributed by atoms with Gasteiger partial charge in [-0.3, -0.25) is 19.7 Å². The van der Waals surface area contributed by atoms with E-state index in [2.05, 4.69) is 5.32 Å². The molecule has 0 atom stereocenters. The van der Waals surface area contributed by atoms with E-state index in [4.69, 9.17) is 4.74 Å². The van der Waals surface area contributed by atoms with Gasteiger partial charge in [0.15, 0.2) is 6.61 Å². The molecule has 0 aliphatic rings. The van der Waals surface area contributed by atoms with Crippen LogP contribution in [0.5, 0.6) is 5.75 Å². The van der Waals surface area contributed by atoms with E-state index in [1.807, 2.05) is 0 Å². The van der Waals surface area contributed by atoms with Crippen molar-refractivity contribution in [2.24, 2.45) is 0 Å². The molecule has 0 saturated carbocycles. The zero-order valence-electron chi connectivity index (χ0n) is 14.7. The Morgan fingerprint density at radius 3 is 2.50 bits per heavy atom. The Morgan fingerprint density at radius 1 is 1.15 bits per heavy atom. The van der Waals surface area contributed by atoms with Crippen molar-refractivity contribution in [1.82, 2.24) is 4.90 Å². The third-order valence-electron chi connectivity index (χ3n) is 3.73. The fourth-order valence-corrected chi connectivity index (χ4v) is 2.19. The smallest absolute Gasteiger partial charge is 0.274 e. The number of carbonyl (C=O) groups is 2. The standard InChI is InChI=1S/C18H19N3O5/c1-12-14(8-6-9-15(12)21(24)25)19-18(23)13-7-4-5-10-16(13)26-11-17(22)20(2)3/h4-10H,11H2,1-3H3,(H,19,23). The second-order valence-electron chi connectivity index (χ2n) is 5.73. The molecule has 0 bridgehead atoms. The monoisotopic (exact) mass is 357 g/mol. The molecule has 26 heavy (non-hydrogen) atoms. The fraction of sp³-hybridized carbons (Fsp3) is 0.222. The maximum Gasteiger partial charge on any atom is 0.274 e. The van der Waals surface area contributed by atoms with Crippen molar-refractivity contribution in [2.45, 2.75) is 6.92 Å². The summed E-state index contributed by atoms with van der Waals surface area (Å²) in [7, 11) is 3.21. The lowest BCUT2D eigenvalue weighted by atomic mass is 10.1. The van der Waals surface area contributed by atoms with Crippen LogP contribution in [-0.4, -0.2) is 42.3 Å². The number of benzene rings is 2. The maximum atomic E-state index is 12.6. The number of nitrogens with zero attached hydrogens (tertiary/aromatic N) is 2. The summed E-state index contributed by atoms with van der Waals surface area (Å²) in [5.41, 5.74) is 0.837. The van der Waals surface area contributed by atoms with Gasteiger partial charge in [0.2, 0.25) is 0 Å². The minimum absolute atomic E-state index is 0.0797. The first-order valence-corrected chi connectivity index (χ1v) is 7.78. The van der Waals surface area contributed by atoms with Crippen molar-refractivity contribution in [1.29, 1.82) is 0 Å². The first kappa shape index (κ1) is 18.9. The van der Waals surface area contributed by atoms with Crippen molar-refractivity contribution in [3.05, 3.63) is 63.7 Å². The van der Waals surface area contributed by atoms with Crippen LogP contribution < -0.4 is 10.1 Å². The van der Waals surface area contributed by atoms with Gasteiger partial charge < -0.3 is 15.0 Å². The van der Waals surface area contributed by atoms with E-state index in [9.17, 15) is 19.7 Å². The molecule has 0 fully saturated rings. The average molecular weight is 357 g/mol. The third-order valence-corrected chi connectivity index (χ3v) is 3.73. The molecular weight excluding hydrogens is 338 g/mol. The van der Waals surface area contributed by atoms with Crippen LogP contribution >= 0.6 is 0 Å². The summed E-state index contributed by atoms with van der Waals surface area (Å²) >= 11 is 0. The number of rotatable bonds is 6. The molecule has 2 aromatic carbocycles. The second kappa shape index (κ2) is 8.11. The quantitative estimate of drug-likeness (QED) is 0.632. The summed E-state index contributed by atoms with van der Waals surface area (Å²) in [6.45, 7) is 1.36. The molecule has 2 rings (SSSR count). The molecule has 0 aromatic heterocycles. The molecule has 0 heterocycles. The van der Waals surface area contributed by atoms with Gasteiger partial charge in [0.25, 0.3) is 17.5 Å². The van der Waals surface area contributed by atoms with Gasteiger partial charge in [0.1, 0.15) is 5.75 Å². The maximum absolute atomic E-state index is 12.6. The molecule has 0 spiro atoms. The van der Waals surface area contributed by atoms with Gasteiger partial charge in [0, 0.05) is 20.2 Å². The van der Waals surface area contributed by atoms with E-state index in [0.717, 1.165) is 0 Å². The fourth-order valence-electron chi connectivity index (χ4n) is 2.19. The normalized spacial score (nSPS) is 10.1. The highest BCUT2D eigenvalue weighted by Crippen LogP contribution is 2.26. The summed E-state index contributed by atoms with van der Waals surface area (Å²) in [6, 6.07) is 10.9. The predicted molar refractivity (Wildman–Crippen MR) is 96.4 cm³/mol. The van der Waals surface area contributed by atoms with Crippen LogP contribution in [0.2, 0.25) is 0 Å². The number of carbonyl (C=O) groups excluding carboxylic acids is 2. The molecule has 136 valence electrons. The SMILES string of the molecule is Cc1c(NC(=O)c2ccccc2OCC(=O)N(C)C)cccc1[N+](=O)[O-]. The van der Waals surface area contributed by atoms with Gasteiger partial charge >= 0.3 is 0 Å². The largest absolute Gasteiger partial charge is 0.483 e. The highest BCUT2D eigenvalue weighted by Gasteiger charge is 2.18. The van der Waals surface area contributed by atoms with Crippen LogP contribution in [0.25, 0.3) is 0 Å². The summed E-state index contributed by atoms with van der Waals surface area (Å²) in [4.78, 5) is 36.2. The number of anilines is 1. The van der Waals surface area contributed by atoms with E-state index in [0.29, 0.717) is 11.3 Å². The minimum Gasteiger partial charge on any atom is -0.483 e. The Morgan fingerprint density at radius 2 is 1.85 bits per heavy atom. The molecule has 1 N–H and O–H groups in total. The lowest BCUT2D eigenvalue weighted by Gasteiger charge is -2.14. The average Bonchev–Trinajstić information content (AvgIpc) is 2.61. The van der Waals surface area contributed by atoms with Crippen LogP contribution in [0, 0.1) is 17.0 Å². The Labute approximate surface area is 150 Å². The van der Waals surface area contributed by atoms with Gasteiger partial charge in [-0.1, -0.05) is 18.2 Å². The summed E-state index contributed by atoms with van der Waals surface area (Å²) < 4.78 is 5.45. The number of hydrogen-bond acceptors (Lipinski definition) is 5. The molecule has 0 radical (unpaired) electrons. The summed E-state index contributed by atoms with van der Waals surface area (Å²) in [6.07, 6.45) is 0. The minimum atomic E-state index is -0.505. The van der Waals surface area contributed by atoms with Crippen LogP contribution in [0.3, 0.4) is 0 Å². The number of amides is 2. The molecule has 8 nitrogen and oxygen atoms in total. The van der Waals surface area contributed by atoms with Gasteiger partial charge in [-0.05, 0) is 25.1 Å². The van der Waals surface area contributed by atoms with Gasteiger partial charge in [-0.15, -0.1) is 0 Å². The van der Waals surface area contributed by atoms with E-state index in [1.54, 1.807) is 51.4 Å². The number of nitrogens with one attached hydrogen (secondary N) is 1. The van der Waals surface area contributed by atoms with Crippen LogP contribution in [-0.2, 0) is 4.79 Å². The molecule has 2 amide bonds. The zero-order chi connectivity index (χ0) is 19.3. The van der Waals surface area contributed by atoms with Crippen molar-refractivity contribution in [2.75, 3.05) is 26.0 Å². The van der Waals surface area contributed by atoms with Crippen molar-refractivity contribution in [3.63, 3.8) is 0 Å². The lowest BCUT2D eigenvalue weighted by molar-refractivity contribution is -0.385. The Kier molecular flexibility index (Phi) is 5.90. The van der Waals surface area contributed by atoms with Crippen LogP contribution in [0.4, 0.5) is 11.4 Å². The van der Waals surface area contributed by atoms with E-state index in [1.165, 1.54) is 17.0 Å². The first-order valence-electron chi connectivity index (χ1n) is 7.78. The van der Waals surface area contributed by atoms with Gasteiger partial charge in [0.05, 0.1) is 21.7 Å². The Hall–Kier alpha value is -3.42. The third kappa shape index (κ3) is 4.35. The van der Waals surface area contributed by atoms with Crippen LogP contribution in [0.15, 0.2) is 42.5 Å². The van der Waals surface area contributed by atoms with Crippen molar-refractivity contribution >= 4 is 23.2 Å². The molecule has 2 aromatic rings. The number of para-hydroxylation sites is 1. The molecule has 0 aliphatic carbocycles. The first-order chi connectivity index (χ1) is 12.3. The Balaban J connectivity index is 2.22. The van der Waals surface area contributed by atoms with E-state index < -0.39 is 10.8 Å². The number of hydrogen-bond donors (Lipinski definition) is 1. The second-order valence-corrected chi connectivity index (χ2v) is 5.73. The summed E-state index contributed by atoms with van der Waals surface area (Å²) in [5.74, 6) is -0.473.